The van der Waals surface area contributed by atoms with E-state index in [1.807, 2.05) is 37.1 Å². The summed E-state index contributed by atoms with van der Waals surface area (Å²) in [6.45, 7) is 2.69. The Morgan fingerprint density at radius 3 is 2.53 bits per heavy atom. The van der Waals surface area contributed by atoms with Gasteiger partial charge >= 0.3 is 0 Å². The first-order chi connectivity index (χ1) is 7.15. The van der Waals surface area contributed by atoms with E-state index in [1.165, 1.54) is 5.56 Å². The largest absolute Gasteiger partial charge is 0.358 e. The zero-order valence-corrected chi connectivity index (χ0v) is 9.53. The molecule has 1 unspecified atom stereocenters. The van der Waals surface area contributed by atoms with Crippen LogP contribution in [-0.2, 0) is 11.3 Å². The van der Waals surface area contributed by atoms with E-state index in [4.69, 9.17) is 0 Å². The molecule has 82 valence electrons. The molecule has 0 spiro atoms. The lowest BCUT2D eigenvalue weighted by molar-refractivity contribution is -0.125. The zero-order chi connectivity index (χ0) is 11.3. The third-order valence-electron chi connectivity index (χ3n) is 2.56. The van der Waals surface area contributed by atoms with Crippen LogP contribution in [-0.4, -0.2) is 30.9 Å². The summed E-state index contributed by atoms with van der Waals surface area (Å²) in [5.74, 6) is 0.0495. The highest BCUT2D eigenvalue weighted by Gasteiger charge is 2.16. The van der Waals surface area contributed by atoms with E-state index in [0.717, 1.165) is 6.54 Å². The Labute approximate surface area is 91.1 Å². The molecule has 0 aromatic heterocycles. The molecular weight excluding hydrogens is 188 g/mol. The zero-order valence-electron chi connectivity index (χ0n) is 9.53. The van der Waals surface area contributed by atoms with Crippen LogP contribution in [0, 0.1) is 0 Å². The molecule has 15 heavy (non-hydrogen) atoms. The average molecular weight is 206 g/mol. The quantitative estimate of drug-likeness (QED) is 0.804. The van der Waals surface area contributed by atoms with Gasteiger partial charge in [-0.1, -0.05) is 30.3 Å². The fraction of sp³-hybridized carbons (Fsp3) is 0.417. The maximum atomic E-state index is 11.4. The van der Waals surface area contributed by atoms with E-state index in [1.54, 1.807) is 7.05 Å². The number of likely N-dealkylation sites (N-methyl/N-ethyl adjacent to an activating group) is 2. The van der Waals surface area contributed by atoms with Crippen LogP contribution in [0.15, 0.2) is 30.3 Å². The molecule has 0 radical (unpaired) electrons. The van der Waals surface area contributed by atoms with Crippen LogP contribution in [0.3, 0.4) is 0 Å². The minimum Gasteiger partial charge on any atom is -0.358 e. The normalized spacial score (nSPS) is 12.5. The predicted octanol–water partition coefficient (Wildman–Crippen LogP) is 1.25. The third-order valence-corrected chi connectivity index (χ3v) is 2.56. The van der Waals surface area contributed by atoms with Crippen LogP contribution < -0.4 is 5.32 Å². The molecule has 0 bridgehead atoms. The summed E-state index contributed by atoms with van der Waals surface area (Å²) < 4.78 is 0. The second kappa shape index (κ2) is 5.51. The van der Waals surface area contributed by atoms with Crippen LogP contribution in [0.2, 0.25) is 0 Å². The number of nitrogens with one attached hydrogen (secondary N) is 1. The van der Waals surface area contributed by atoms with Crippen molar-refractivity contribution in [1.82, 2.24) is 10.2 Å². The van der Waals surface area contributed by atoms with Crippen molar-refractivity contribution >= 4 is 5.91 Å². The summed E-state index contributed by atoms with van der Waals surface area (Å²) >= 11 is 0. The molecule has 0 aliphatic rings. The second-order valence-corrected chi connectivity index (χ2v) is 3.69. The molecule has 3 nitrogen and oxygen atoms in total. The Balaban J connectivity index is 2.56. The van der Waals surface area contributed by atoms with E-state index < -0.39 is 0 Å². The lowest BCUT2D eigenvalue weighted by Gasteiger charge is -2.23. The van der Waals surface area contributed by atoms with Gasteiger partial charge in [-0.2, -0.15) is 0 Å². The molecule has 0 aliphatic carbocycles. The SMILES string of the molecule is CNC(=O)C(C)N(C)Cc1ccccc1. The van der Waals surface area contributed by atoms with Gasteiger partial charge in [-0.05, 0) is 19.5 Å². The van der Waals surface area contributed by atoms with Gasteiger partial charge in [0.15, 0.2) is 0 Å². The Bertz CT molecular complexity index is 311. The topological polar surface area (TPSA) is 32.3 Å². The number of nitrogens with zero attached hydrogens (tertiary/aromatic N) is 1. The molecule has 0 saturated heterocycles. The minimum atomic E-state index is -0.102. The highest BCUT2D eigenvalue weighted by molar-refractivity contribution is 5.80. The maximum absolute atomic E-state index is 11.4. The molecule has 0 saturated carbocycles. The highest BCUT2D eigenvalue weighted by atomic mass is 16.2. The van der Waals surface area contributed by atoms with Crippen molar-refractivity contribution in [3.63, 3.8) is 0 Å². The number of hydrogen-bond acceptors (Lipinski definition) is 2. The molecule has 1 amide bonds. The van der Waals surface area contributed by atoms with Crippen molar-refractivity contribution in [3.8, 4) is 0 Å². The summed E-state index contributed by atoms with van der Waals surface area (Å²) in [5, 5.41) is 2.65. The first-order valence-corrected chi connectivity index (χ1v) is 5.11. The first kappa shape index (κ1) is 11.7. The van der Waals surface area contributed by atoms with E-state index in [0.29, 0.717) is 0 Å². The van der Waals surface area contributed by atoms with Gasteiger partial charge in [0, 0.05) is 13.6 Å². The summed E-state index contributed by atoms with van der Waals surface area (Å²) in [6.07, 6.45) is 0. The van der Waals surface area contributed by atoms with Crippen LogP contribution in [0.25, 0.3) is 0 Å². The van der Waals surface area contributed by atoms with Gasteiger partial charge in [0.25, 0.3) is 0 Å². The first-order valence-electron chi connectivity index (χ1n) is 5.11. The molecule has 1 atom stereocenters. The summed E-state index contributed by atoms with van der Waals surface area (Å²) in [4.78, 5) is 13.4. The Morgan fingerprint density at radius 1 is 1.40 bits per heavy atom. The maximum Gasteiger partial charge on any atom is 0.236 e. The van der Waals surface area contributed by atoms with E-state index in [9.17, 15) is 4.79 Å². The highest BCUT2D eigenvalue weighted by Crippen LogP contribution is 2.05. The lowest BCUT2D eigenvalue weighted by atomic mass is 10.2. The summed E-state index contributed by atoms with van der Waals surface area (Å²) in [5.41, 5.74) is 1.22. The van der Waals surface area contributed by atoms with Crippen molar-refractivity contribution in [2.75, 3.05) is 14.1 Å². The molecule has 1 rings (SSSR count). The van der Waals surface area contributed by atoms with Crippen molar-refractivity contribution in [2.45, 2.75) is 19.5 Å². The average Bonchev–Trinajstić information content (AvgIpc) is 2.28. The van der Waals surface area contributed by atoms with Crippen molar-refractivity contribution < 1.29 is 4.79 Å². The van der Waals surface area contributed by atoms with Gasteiger partial charge in [0.05, 0.1) is 6.04 Å². The fourth-order valence-electron chi connectivity index (χ4n) is 1.42. The molecule has 0 fully saturated rings. The van der Waals surface area contributed by atoms with Crippen molar-refractivity contribution in [2.24, 2.45) is 0 Å². The van der Waals surface area contributed by atoms with Gasteiger partial charge in [0.2, 0.25) is 5.91 Å². The Morgan fingerprint density at radius 2 is 2.00 bits per heavy atom. The van der Waals surface area contributed by atoms with E-state index >= 15 is 0 Å². The molecule has 0 heterocycles. The summed E-state index contributed by atoms with van der Waals surface area (Å²) in [7, 11) is 3.61. The molecule has 1 N–H and O–H groups in total. The monoisotopic (exact) mass is 206 g/mol. The Kier molecular flexibility index (Phi) is 4.31. The van der Waals surface area contributed by atoms with Crippen molar-refractivity contribution in [1.29, 1.82) is 0 Å². The lowest BCUT2D eigenvalue weighted by Crippen LogP contribution is -2.41. The third kappa shape index (κ3) is 3.36. The molecule has 1 aromatic rings. The van der Waals surface area contributed by atoms with Crippen LogP contribution in [0.1, 0.15) is 12.5 Å². The van der Waals surface area contributed by atoms with Gasteiger partial charge < -0.3 is 5.32 Å². The van der Waals surface area contributed by atoms with Crippen molar-refractivity contribution in [3.05, 3.63) is 35.9 Å². The van der Waals surface area contributed by atoms with Gasteiger partial charge in [0.1, 0.15) is 0 Å². The number of carbonyl (C=O) groups is 1. The second-order valence-electron chi connectivity index (χ2n) is 3.69. The summed E-state index contributed by atoms with van der Waals surface area (Å²) in [6, 6.07) is 10.0. The number of benzene rings is 1. The van der Waals surface area contributed by atoms with Gasteiger partial charge in [-0.3, -0.25) is 9.69 Å². The number of carbonyl (C=O) groups excluding carboxylic acids is 1. The molecule has 0 aliphatic heterocycles. The van der Waals surface area contributed by atoms with Crippen LogP contribution in [0.4, 0.5) is 0 Å². The van der Waals surface area contributed by atoms with Crippen LogP contribution >= 0.6 is 0 Å². The van der Waals surface area contributed by atoms with Gasteiger partial charge in [-0.25, -0.2) is 0 Å². The van der Waals surface area contributed by atoms with E-state index in [2.05, 4.69) is 17.4 Å². The number of rotatable bonds is 4. The standard InChI is InChI=1S/C12H18N2O/c1-10(12(15)13-2)14(3)9-11-7-5-4-6-8-11/h4-8,10H,9H2,1-3H3,(H,13,15). The van der Waals surface area contributed by atoms with Crippen LogP contribution in [0.5, 0.6) is 0 Å². The molecule has 3 heteroatoms. The van der Waals surface area contributed by atoms with E-state index in [-0.39, 0.29) is 11.9 Å². The smallest absolute Gasteiger partial charge is 0.236 e. The minimum absolute atomic E-state index is 0.0495. The molecular formula is C12H18N2O. The fourth-order valence-corrected chi connectivity index (χ4v) is 1.42. The number of hydrogen-bond donors (Lipinski definition) is 1. The number of amides is 1. The molecule has 1 aromatic carbocycles. The Hall–Kier alpha value is -1.35. The van der Waals surface area contributed by atoms with Gasteiger partial charge in [-0.15, -0.1) is 0 Å². The predicted molar refractivity (Wildman–Crippen MR) is 61.4 cm³/mol.